The summed E-state index contributed by atoms with van der Waals surface area (Å²) in [4.78, 5) is 23.1. The predicted octanol–water partition coefficient (Wildman–Crippen LogP) is 0.683. The van der Waals surface area contributed by atoms with Gasteiger partial charge in [0.25, 0.3) is 0 Å². The number of carboxylic acids is 1. The van der Waals surface area contributed by atoms with Crippen molar-refractivity contribution in [2.75, 3.05) is 6.61 Å². The number of nitrogens with one attached hydrogen (secondary N) is 1. The minimum Gasteiger partial charge on any atom is -0.508 e. The average Bonchev–Trinajstić information content (AvgIpc) is 2.94. The first-order chi connectivity index (χ1) is 9.56. The normalized spacial score (nSPS) is 19.5. The van der Waals surface area contributed by atoms with Gasteiger partial charge >= 0.3 is 5.97 Å². The quantitative estimate of drug-likeness (QED) is 0.736. The highest BCUT2D eigenvalue weighted by molar-refractivity contribution is 5.86. The van der Waals surface area contributed by atoms with Crippen molar-refractivity contribution < 1.29 is 24.5 Å². The Morgan fingerprint density at radius 2 is 2.05 bits per heavy atom. The third-order valence-electron chi connectivity index (χ3n) is 3.21. The van der Waals surface area contributed by atoms with Crippen LogP contribution in [0.4, 0.5) is 0 Å². The van der Waals surface area contributed by atoms with E-state index in [0.717, 1.165) is 12.0 Å². The summed E-state index contributed by atoms with van der Waals surface area (Å²) in [7, 11) is 0. The van der Waals surface area contributed by atoms with Crippen molar-refractivity contribution in [1.29, 1.82) is 0 Å². The predicted molar refractivity (Wildman–Crippen MR) is 70.4 cm³/mol. The molecular weight excluding hydrogens is 262 g/mol. The fourth-order valence-corrected chi connectivity index (χ4v) is 2.12. The van der Waals surface area contributed by atoms with E-state index in [2.05, 4.69) is 5.32 Å². The first-order valence-corrected chi connectivity index (χ1v) is 6.49. The smallest absolute Gasteiger partial charge is 0.326 e. The van der Waals surface area contributed by atoms with Crippen LogP contribution < -0.4 is 5.32 Å². The summed E-state index contributed by atoms with van der Waals surface area (Å²) >= 11 is 0. The molecule has 0 aromatic heterocycles. The second-order valence-electron chi connectivity index (χ2n) is 4.77. The third-order valence-corrected chi connectivity index (χ3v) is 3.21. The maximum atomic E-state index is 11.9. The van der Waals surface area contributed by atoms with Crippen molar-refractivity contribution in [2.24, 2.45) is 0 Å². The second-order valence-corrected chi connectivity index (χ2v) is 4.77. The monoisotopic (exact) mass is 279 g/mol. The third kappa shape index (κ3) is 3.71. The molecule has 1 aromatic carbocycles. The van der Waals surface area contributed by atoms with E-state index in [9.17, 15) is 19.8 Å². The number of aromatic hydroxyl groups is 1. The van der Waals surface area contributed by atoms with Crippen LogP contribution in [-0.4, -0.2) is 40.8 Å². The summed E-state index contributed by atoms with van der Waals surface area (Å²) in [5.41, 5.74) is 0.725. The maximum Gasteiger partial charge on any atom is 0.326 e. The molecule has 1 aromatic rings. The van der Waals surface area contributed by atoms with Crippen molar-refractivity contribution in [3.05, 3.63) is 29.8 Å². The molecule has 20 heavy (non-hydrogen) atoms. The van der Waals surface area contributed by atoms with Crippen molar-refractivity contribution in [2.45, 2.75) is 31.4 Å². The largest absolute Gasteiger partial charge is 0.508 e. The Balaban J connectivity index is 1.98. The molecule has 1 amide bonds. The fraction of sp³-hybridized carbons (Fsp3) is 0.429. The summed E-state index contributed by atoms with van der Waals surface area (Å²) in [6, 6.07) is 5.22. The van der Waals surface area contributed by atoms with Crippen LogP contribution in [0.1, 0.15) is 18.4 Å². The van der Waals surface area contributed by atoms with Crippen molar-refractivity contribution >= 4 is 11.9 Å². The van der Waals surface area contributed by atoms with Gasteiger partial charge in [-0.15, -0.1) is 0 Å². The number of carbonyl (C=O) groups is 2. The van der Waals surface area contributed by atoms with E-state index in [1.54, 1.807) is 12.1 Å². The first kappa shape index (κ1) is 14.3. The molecule has 0 spiro atoms. The van der Waals surface area contributed by atoms with Gasteiger partial charge in [0.2, 0.25) is 5.91 Å². The topological polar surface area (TPSA) is 95.9 Å². The lowest BCUT2D eigenvalue weighted by Gasteiger charge is -2.17. The SMILES string of the molecule is O=C(N[C@@H](Cc1ccc(O)cc1)C(=O)O)C1CCCO1. The summed E-state index contributed by atoms with van der Waals surface area (Å²) in [6.07, 6.45) is 1.05. The van der Waals surface area contributed by atoms with E-state index in [1.165, 1.54) is 12.1 Å². The number of hydrogen-bond acceptors (Lipinski definition) is 4. The zero-order valence-corrected chi connectivity index (χ0v) is 10.9. The highest BCUT2D eigenvalue weighted by Crippen LogP contribution is 2.14. The number of rotatable bonds is 5. The number of carbonyl (C=O) groups excluding carboxylic acids is 1. The van der Waals surface area contributed by atoms with Crippen molar-refractivity contribution in [1.82, 2.24) is 5.32 Å². The van der Waals surface area contributed by atoms with E-state index < -0.39 is 18.1 Å². The van der Waals surface area contributed by atoms with Gasteiger partial charge in [0.05, 0.1) is 0 Å². The van der Waals surface area contributed by atoms with Gasteiger partial charge in [-0.1, -0.05) is 12.1 Å². The minimum atomic E-state index is -1.09. The van der Waals surface area contributed by atoms with E-state index in [1.807, 2.05) is 0 Å². The Labute approximate surface area is 116 Å². The number of amides is 1. The standard InChI is InChI=1S/C14H17NO5/c16-10-5-3-9(4-6-10)8-11(14(18)19)15-13(17)12-2-1-7-20-12/h3-6,11-12,16H,1-2,7-8H2,(H,15,17)(H,18,19)/t11-,12?/m0/s1. The van der Waals surface area contributed by atoms with Gasteiger partial charge < -0.3 is 20.3 Å². The minimum absolute atomic E-state index is 0.115. The van der Waals surface area contributed by atoms with Gasteiger partial charge in [-0.25, -0.2) is 4.79 Å². The summed E-state index contributed by atoms with van der Waals surface area (Å²) in [5.74, 6) is -1.36. The number of hydrogen-bond donors (Lipinski definition) is 3. The van der Waals surface area contributed by atoms with Crippen LogP contribution in [0.3, 0.4) is 0 Å². The molecule has 6 heteroatoms. The first-order valence-electron chi connectivity index (χ1n) is 6.49. The molecule has 108 valence electrons. The molecule has 1 saturated heterocycles. The van der Waals surface area contributed by atoms with Crippen LogP contribution >= 0.6 is 0 Å². The number of phenolic OH excluding ortho intramolecular Hbond substituents is 1. The Kier molecular flexibility index (Phi) is 4.57. The van der Waals surface area contributed by atoms with E-state index in [4.69, 9.17) is 4.74 Å². The molecule has 6 nitrogen and oxygen atoms in total. The molecule has 3 N–H and O–H groups in total. The Morgan fingerprint density at radius 3 is 2.60 bits per heavy atom. The van der Waals surface area contributed by atoms with E-state index >= 15 is 0 Å². The highest BCUT2D eigenvalue weighted by atomic mass is 16.5. The molecule has 2 atom stereocenters. The van der Waals surface area contributed by atoms with Gasteiger partial charge in [0, 0.05) is 13.0 Å². The van der Waals surface area contributed by atoms with Crippen molar-refractivity contribution in [3.8, 4) is 5.75 Å². The summed E-state index contributed by atoms with van der Waals surface area (Å²) < 4.78 is 5.22. The average molecular weight is 279 g/mol. The number of aliphatic carboxylic acids is 1. The summed E-state index contributed by atoms with van der Waals surface area (Å²) in [5, 5.41) is 20.9. The Morgan fingerprint density at radius 1 is 1.35 bits per heavy atom. The van der Waals surface area contributed by atoms with Crippen LogP contribution in [0.5, 0.6) is 5.75 Å². The molecular formula is C14H17NO5. The lowest BCUT2D eigenvalue weighted by Crippen LogP contribution is -2.46. The maximum absolute atomic E-state index is 11.9. The van der Waals surface area contributed by atoms with Crippen molar-refractivity contribution in [3.63, 3.8) is 0 Å². The van der Waals surface area contributed by atoms with Crippen LogP contribution in [0.25, 0.3) is 0 Å². The fourth-order valence-electron chi connectivity index (χ4n) is 2.12. The number of phenols is 1. The van der Waals surface area contributed by atoms with Gasteiger partial charge in [-0.2, -0.15) is 0 Å². The molecule has 0 aliphatic carbocycles. The Hall–Kier alpha value is -2.08. The number of benzene rings is 1. The molecule has 2 rings (SSSR count). The lowest BCUT2D eigenvalue weighted by atomic mass is 10.1. The van der Waals surface area contributed by atoms with Gasteiger partial charge in [-0.3, -0.25) is 4.79 Å². The molecule has 1 aliphatic rings. The molecule has 1 heterocycles. The molecule has 0 saturated carbocycles. The van der Waals surface area contributed by atoms with Gasteiger partial charge in [-0.05, 0) is 30.5 Å². The molecule has 1 unspecified atom stereocenters. The highest BCUT2D eigenvalue weighted by Gasteiger charge is 2.28. The van der Waals surface area contributed by atoms with Crippen LogP contribution in [0, 0.1) is 0 Å². The lowest BCUT2D eigenvalue weighted by molar-refractivity contribution is -0.143. The van der Waals surface area contributed by atoms with E-state index in [0.29, 0.717) is 13.0 Å². The molecule has 1 aliphatic heterocycles. The zero-order chi connectivity index (χ0) is 14.5. The number of ether oxygens (including phenoxy) is 1. The Bertz CT molecular complexity index is 479. The van der Waals surface area contributed by atoms with Crippen LogP contribution in [-0.2, 0) is 20.7 Å². The van der Waals surface area contributed by atoms with Crippen LogP contribution in [0.2, 0.25) is 0 Å². The summed E-state index contributed by atoms with van der Waals surface area (Å²) in [6.45, 7) is 0.536. The van der Waals surface area contributed by atoms with Crippen LogP contribution in [0.15, 0.2) is 24.3 Å². The van der Waals surface area contributed by atoms with E-state index in [-0.39, 0.29) is 18.1 Å². The molecule has 0 bridgehead atoms. The molecule has 0 radical (unpaired) electrons. The van der Waals surface area contributed by atoms with Gasteiger partial charge in [0.15, 0.2) is 0 Å². The number of carboxylic acid groups (broad SMARTS) is 1. The van der Waals surface area contributed by atoms with Gasteiger partial charge in [0.1, 0.15) is 17.9 Å². The zero-order valence-electron chi connectivity index (χ0n) is 10.9. The molecule has 1 fully saturated rings. The second kappa shape index (κ2) is 6.38.